The Labute approximate surface area is 177 Å². The third kappa shape index (κ3) is 3.34. The van der Waals surface area contributed by atoms with Crippen molar-refractivity contribution in [2.45, 2.75) is 13.5 Å². The van der Waals surface area contributed by atoms with Crippen molar-refractivity contribution in [2.75, 3.05) is 26.0 Å². The van der Waals surface area contributed by atoms with Crippen LogP contribution in [0, 0.1) is 0 Å². The summed E-state index contributed by atoms with van der Waals surface area (Å²) < 4.78 is 2.63. The van der Waals surface area contributed by atoms with E-state index in [1.807, 2.05) is 19.0 Å². The number of hydrogen-bond acceptors (Lipinski definition) is 5. The molecule has 1 N–H and O–H groups in total. The van der Waals surface area contributed by atoms with Gasteiger partial charge in [-0.25, -0.2) is 4.79 Å². The normalized spacial score (nSPS) is 11.3. The number of amides is 1. The number of likely N-dealkylation sites (N-methyl/N-ethyl adjacent to an activating group) is 1. The summed E-state index contributed by atoms with van der Waals surface area (Å²) in [6.45, 7) is 2.14. The van der Waals surface area contributed by atoms with Crippen molar-refractivity contribution >= 4 is 51.2 Å². The summed E-state index contributed by atoms with van der Waals surface area (Å²) in [6.07, 6.45) is 0. The largest absolute Gasteiger partial charge is 0.336 e. The molecular formula is C21H21ClN4O4. The molecule has 0 fully saturated rings. The van der Waals surface area contributed by atoms with Crippen LogP contribution in [-0.2, 0) is 11.3 Å². The van der Waals surface area contributed by atoms with Crippen LogP contribution in [0.1, 0.15) is 6.92 Å². The van der Waals surface area contributed by atoms with E-state index in [0.717, 1.165) is 0 Å². The lowest BCUT2D eigenvalue weighted by Gasteiger charge is -2.15. The maximum atomic E-state index is 13.3. The smallest absolute Gasteiger partial charge is 0.326 e. The van der Waals surface area contributed by atoms with Gasteiger partial charge in [0.05, 0.1) is 16.4 Å². The predicted molar refractivity (Wildman–Crippen MR) is 121 cm³/mol. The number of aromatic nitrogens is 2. The molecule has 9 heteroatoms. The Kier molecular flexibility index (Phi) is 5.65. The molecule has 0 atom stereocenters. The molecule has 0 bridgehead atoms. The van der Waals surface area contributed by atoms with Crippen molar-refractivity contribution in [3.8, 4) is 0 Å². The van der Waals surface area contributed by atoms with Gasteiger partial charge < -0.3 is 10.2 Å². The highest BCUT2D eigenvalue weighted by molar-refractivity contribution is 6.03. The fourth-order valence-corrected chi connectivity index (χ4v) is 3.65. The minimum Gasteiger partial charge on any atom is -0.326 e. The van der Waals surface area contributed by atoms with E-state index in [0.29, 0.717) is 39.4 Å². The number of nitrogens with one attached hydrogen (secondary N) is 1. The van der Waals surface area contributed by atoms with E-state index in [4.69, 9.17) is 0 Å². The van der Waals surface area contributed by atoms with E-state index >= 15 is 0 Å². The standard InChI is InChI=1S/C21H20N4O4.ClH/c1-12(26)22-13-7-8-17-16(11-13)19(27)14-5-4-6-15-18(14)25(17)21(29)24(20(15)28)10-9-23(2)3;/h4-8,11H,9-10H2,1-3H3,(H,22,26);1H. The van der Waals surface area contributed by atoms with Crippen LogP contribution in [-0.4, -0.2) is 40.4 Å². The third-order valence-corrected chi connectivity index (χ3v) is 4.98. The zero-order valence-electron chi connectivity index (χ0n) is 16.8. The molecule has 4 rings (SSSR count). The fourth-order valence-electron chi connectivity index (χ4n) is 3.65. The molecule has 2 aromatic heterocycles. The van der Waals surface area contributed by atoms with Crippen LogP contribution in [0.3, 0.4) is 0 Å². The van der Waals surface area contributed by atoms with Gasteiger partial charge in [0.1, 0.15) is 0 Å². The van der Waals surface area contributed by atoms with Crippen molar-refractivity contribution in [3.05, 3.63) is 67.5 Å². The van der Waals surface area contributed by atoms with Crippen LogP contribution >= 0.6 is 12.4 Å². The maximum absolute atomic E-state index is 13.3. The number of nitrogens with zero attached hydrogens (tertiary/aromatic N) is 3. The number of anilines is 1. The Morgan fingerprint density at radius 2 is 1.73 bits per heavy atom. The molecule has 4 aromatic rings. The second-order valence-electron chi connectivity index (χ2n) is 7.32. The van der Waals surface area contributed by atoms with Gasteiger partial charge in [-0.05, 0) is 44.4 Å². The summed E-state index contributed by atoms with van der Waals surface area (Å²) in [5, 5.41) is 3.57. The van der Waals surface area contributed by atoms with E-state index in [1.165, 1.54) is 15.9 Å². The fraction of sp³-hybridized carbons (Fsp3) is 0.238. The summed E-state index contributed by atoms with van der Waals surface area (Å²) in [7, 11) is 3.73. The van der Waals surface area contributed by atoms with E-state index < -0.39 is 11.2 Å². The first kappa shape index (κ1) is 21.5. The van der Waals surface area contributed by atoms with E-state index in [2.05, 4.69) is 5.32 Å². The number of hydrogen-bond donors (Lipinski definition) is 1. The quantitative estimate of drug-likeness (QED) is 0.393. The summed E-state index contributed by atoms with van der Waals surface area (Å²) >= 11 is 0. The van der Waals surface area contributed by atoms with Crippen molar-refractivity contribution in [2.24, 2.45) is 0 Å². The van der Waals surface area contributed by atoms with Crippen molar-refractivity contribution in [1.29, 1.82) is 0 Å². The summed E-state index contributed by atoms with van der Waals surface area (Å²) in [4.78, 5) is 52.6. The van der Waals surface area contributed by atoms with E-state index in [-0.39, 0.29) is 30.3 Å². The molecule has 0 aliphatic carbocycles. The highest BCUT2D eigenvalue weighted by Crippen LogP contribution is 2.22. The maximum Gasteiger partial charge on any atom is 0.336 e. The first-order valence-electron chi connectivity index (χ1n) is 9.19. The topological polar surface area (TPSA) is 92.9 Å². The van der Waals surface area contributed by atoms with Gasteiger partial charge in [-0.3, -0.25) is 23.4 Å². The molecule has 2 aromatic carbocycles. The zero-order chi connectivity index (χ0) is 20.9. The Morgan fingerprint density at radius 3 is 2.40 bits per heavy atom. The number of para-hydroxylation sites is 1. The Morgan fingerprint density at radius 1 is 1.03 bits per heavy atom. The molecule has 0 aliphatic heterocycles. The molecule has 1 amide bonds. The summed E-state index contributed by atoms with van der Waals surface area (Å²) in [5.74, 6) is -0.259. The number of carbonyl (C=O) groups excluding carboxylic acids is 1. The molecular weight excluding hydrogens is 408 g/mol. The molecule has 0 saturated heterocycles. The van der Waals surface area contributed by atoms with Gasteiger partial charge >= 0.3 is 5.69 Å². The van der Waals surface area contributed by atoms with Crippen LogP contribution < -0.4 is 22.0 Å². The Hall–Kier alpha value is -3.23. The van der Waals surface area contributed by atoms with Gasteiger partial charge in [0.15, 0.2) is 5.43 Å². The number of fused-ring (bicyclic) bond motifs is 2. The average molecular weight is 429 g/mol. The number of benzene rings is 2. The van der Waals surface area contributed by atoms with Gasteiger partial charge in [0.25, 0.3) is 5.56 Å². The van der Waals surface area contributed by atoms with Crippen LogP contribution in [0.5, 0.6) is 0 Å². The van der Waals surface area contributed by atoms with Gasteiger partial charge in [0, 0.05) is 36.5 Å². The summed E-state index contributed by atoms with van der Waals surface area (Å²) in [5.41, 5.74) is 0.00975. The first-order valence-corrected chi connectivity index (χ1v) is 9.19. The SMILES string of the molecule is CC(=O)Nc1ccc2c(c1)c(=O)c1cccc3c(=O)n(CCN(C)C)c(=O)n2c13.Cl. The number of halogens is 1. The monoisotopic (exact) mass is 428 g/mol. The van der Waals surface area contributed by atoms with Crippen LogP contribution in [0.4, 0.5) is 5.69 Å². The molecule has 0 aliphatic rings. The molecule has 156 valence electrons. The van der Waals surface area contributed by atoms with Crippen molar-refractivity contribution < 1.29 is 4.79 Å². The van der Waals surface area contributed by atoms with Crippen LogP contribution in [0.25, 0.3) is 27.2 Å². The number of pyridine rings is 1. The van der Waals surface area contributed by atoms with Crippen LogP contribution in [0.15, 0.2) is 50.8 Å². The first-order chi connectivity index (χ1) is 13.8. The lowest BCUT2D eigenvalue weighted by Crippen LogP contribution is -2.40. The molecule has 8 nitrogen and oxygen atoms in total. The second-order valence-corrected chi connectivity index (χ2v) is 7.32. The van der Waals surface area contributed by atoms with Gasteiger partial charge in [0.2, 0.25) is 5.91 Å². The number of rotatable bonds is 4. The van der Waals surface area contributed by atoms with Gasteiger partial charge in [-0.1, -0.05) is 6.07 Å². The molecule has 30 heavy (non-hydrogen) atoms. The second kappa shape index (κ2) is 7.89. The Bertz CT molecular complexity index is 1460. The summed E-state index contributed by atoms with van der Waals surface area (Å²) in [6, 6.07) is 9.70. The molecule has 0 saturated carbocycles. The molecule has 0 unspecified atom stereocenters. The van der Waals surface area contributed by atoms with E-state index in [9.17, 15) is 19.2 Å². The minimum atomic E-state index is -0.488. The average Bonchev–Trinajstić information content (AvgIpc) is 2.67. The third-order valence-electron chi connectivity index (χ3n) is 4.98. The highest BCUT2D eigenvalue weighted by atomic mass is 35.5. The molecule has 0 radical (unpaired) electrons. The number of carbonyl (C=O) groups is 1. The van der Waals surface area contributed by atoms with Gasteiger partial charge in [-0.2, -0.15) is 0 Å². The Balaban J connectivity index is 0.00000256. The van der Waals surface area contributed by atoms with Crippen LogP contribution in [0.2, 0.25) is 0 Å². The predicted octanol–water partition coefficient (Wildman–Crippen LogP) is 1.51. The van der Waals surface area contributed by atoms with E-state index in [1.54, 1.807) is 36.4 Å². The lowest BCUT2D eigenvalue weighted by molar-refractivity contribution is -0.114. The molecule has 0 spiro atoms. The minimum absolute atomic E-state index is 0. The highest BCUT2D eigenvalue weighted by Gasteiger charge is 2.18. The zero-order valence-corrected chi connectivity index (χ0v) is 17.6. The lowest BCUT2D eigenvalue weighted by atomic mass is 10.1. The van der Waals surface area contributed by atoms with Crippen molar-refractivity contribution in [3.63, 3.8) is 0 Å². The molecule has 2 heterocycles. The van der Waals surface area contributed by atoms with Crippen molar-refractivity contribution in [1.82, 2.24) is 13.9 Å². The van der Waals surface area contributed by atoms with Gasteiger partial charge in [-0.15, -0.1) is 12.4 Å².